The van der Waals surface area contributed by atoms with Crippen molar-refractivity contribution in [1.29, 1.82) is 0 Å². The molecule has 2 heterocycles. The molecular formula is C17H22N2O2. The van der Waals surface area contributed by atoms with Gasteiger partial charge in [-0.2, -0.15) is 0 Å². The molecule has 1 aromatic heterocycles. The smallest absolute Gasteiger partial charge is 0.122 e. The summed E-state index contributed by atoms with van der Waals surface area (Å²) in [6, 6.07) is 10.7. The molecule has 2 aromatic rings. The summed E-state index contributed by atoms with van der Waals surface area (Å²) in [6.45, 7) is 0.814. The molecule has 0 aliphatic carbocycles. The minimum Gasteiger partial charge on any atom is -0.493 e. The van der Waals surface area contributed by atoms with Gasteiger partial charge in [-0.15, -0.1) is 0 Å². The molecule has 0 fully saturated rings. The zero-order valence-electron chi connectivity index (χ0n) is 12.2. The number of nitrogens with two attached hydrogens (primary N) is 1. The van der Waals surface area contributed by atoms with Crippen LogP contribution >= 0.6 is 0 Å². The van der Waals surface area contributed by atoms with E-state index in [9.17, 15) is 0 Å². The lowest BCUT2D eigenvalue weighted by Crippen LogP contribution is -2.35. The lowest BCUT2D eigenvalue weighted by molar-refractivity contribution is 0.357. The second-order valence-corrected chi connectivity index (χ2v) is 5.56. The van der Waals surface area contributed by atoms with Gasteiger partial charge in [-0.25, -0.2) is 0 Å². The Hall–Kier alpha value is -1.78. The number of benzene rings is 1. The Morgan fingerprint density at radius 2 is 2.10 bits per heavy atom. The Kier molecular flexibility index (Phi) is 4.58. The Balaban J connectivity index is 1.50. The van der Waals surface area contributed by atoms with E-state index >= 15 is 0 Å². The zero-order chi connectivity index (χ0) is 14.5. The molecule has 112 valence electrons. The summed E-state index contributed by atoms with van der Waals surface area (Å²) >= 11 is 0. The van der Waals surface area contributed by atoms with Crippen LogP contribution in [0.15, 0.2) is 41.0 Å². The van der Waals surface area contributed by atoms with Crippen LogP contribution in [0, 0.1) is 0 Å². The third-order valence-corrected chi connectivity index (χ3v) is 4.09. The van der Waals surface area contributed by atoms with Gasteiger partial charge in [-0.3, -0.25) is 11.3 Å². The van der Waals surface area contributed by atoms with Gasteiger partial charge in [0.15, 0.2) is 0 Å². The molecule has 3 rings (SSSR count). The van der Waals surface area contributed by atoms with Gasteiger partial charge >= 0.3 is 0 Å². The van der Waals surface area contributed by atoms with Crippen LogP contribution in [0.25, 0.3) is 0 Å². The van der Waals surface area contributed by atoms with E-state index in [-0.39, 0.29) is 0 Å². The van der Waals surface area contributed by atoms with E-state index in [2.05, 4.69) is 23.6 Å². The van der Waals surface area contributed by atoms with Crippen molar-refractivity contribution in [2.75, 3.05) is 6.61 Å². The van der Waals surface area contributed by atoms with Gasteiger partial charge in [0.1, 0.15) is 11.5 Å². The minimum atomic E-state index is 0.305. The maximum atomic E-state index is 5.67. The van der Waals surface area contributed by atoms with E-state index < -0.39 is 0 Å². The number of hydrazine groups is 1. The van der Waals surface area contributed by atoms with Crippen molar-refractivity contribution in [1.82, 2.24) is 5.43 Å². The second kappa shape index (κ2) is 6.78. The number of furan rings is 1. The van der Waals surface area contributed by atoms with E-state index in [0.717, 1.165) is 50.2 Å². The van der Waals surface area contributed by atoms with Crippen molar-refractivity contribution in [3.8, 4) is 5.75 Å². The lowest BCUT2D eigenvalue weighted by atomic mass is 9.99. The van der Waals surface area contributed by atoms with Gasteiger partial charge in [-0.1, -0.05) is 12.1 Å². The van der Waals surface area contributed by atoms with E-state index in [0.29, 0.717) is 6.04 Å². The Morgan fingerprint density at radius 3 is 2.90 bits per heavy atom. The topological polar surface area (TPSA) is 60.4 Å². The molecule has 1 aliphatic heterocycles. The summed E-state index contributed by atoms with van der Waals surface area (Å²) in [5, 5.41) is 0. The zero-order valence-corrected chi connectivity index (χ0v) is 12.2. The third kappa shape index (κ3) is 3.65. The number of ether oxygens (including phenoxy) is 1. The fraction of sp³-hybridized carbons (Fsp3) is 0.412. The molecule has 3 N–H and O–H groups in total. The molecule has 0 spiro atoms. The number of fused-ring (bicyclic) bond motifs is 1. The first-order chi connectivity index (χ1) is 10.3. The maximum absolute atomic E-state index is 5.67. The third-order valence-electron chi connectivity index (χ3n) is 4.09. The highest BCUT2D eigenvalue weighted by atomic mass is 16.5. The molecule has 0 saturated carbocycles. The molecule has 1 aliphatic rings. The van der Waals surface area contributed by atoms with Crippen molar-refractivity contribution >= 4 is 0 Å². The molecule has 0 radical (unpaired) electrons. The van der Waals surface area contributed by atoms with Crippen molar-refractivity contribution in [2.45, 2.75) is 38.1 Å². The fourth-order valence-corrected chi connectivity index (χ4v) is 2.82. The van der Waals surface area contributed by atoms with E-state index in [1.54, 1.807) is 6.26 Å². The second-order valence-electron chi connectivity index (χ2n) is 5.56. The highest BCUT2D eigenvalue weighted by Gasteiger charge is 2.13. The number of aryl methyl sites for hydroxylation is 2. The molecule has 1 unspecified atom stereocenters. The van der Waals surface area contributed by atoms with Crippen molar-refractivity contribution in [3.63, 3.8) is 0 Å². The molecule has 21 heavy (non-hydrogen) atoms. The maximum Gasteiger partial charge on any atom is 0.122 e. The van der Waals surface area contributed by atoms with Gasteiger partial charge in [-0.05, 0) is 48.6 Å². The quantitative estimate of drug-likeness (QED) is 0.607. The largest absolute Gasteiger partial charge is 0.493 e. The van der Waals surface area contributed by atoms with Crippen LogP contribution in [0.1, 0.15) is 29.7 Å². The van der Waals surface area contributed by atoms with Crippen LogP contribution in [0.3, 0.4) is 0 Å². The normalized spacial score (nSPS) is 14.7. The van der Waals surface area contributed by atoms with E-state index in [1.807, 2.05) is 12.1 Å². The van der Waals surface area contributed by atoms with Crippen LogP contribution in [-0.2, 0) is 19.3 Å². The van der Waals surface area contributed by atoms with Crippen LogP contribution in [0.2, 0.25) is 0 Å². The number of hydrogen-bond donors (Lipinski definition) is 2. The van der Waals surface area contributed by atoms with Crippen LogP contribution in [0.5, 0.6) is 5.75 Å². The molecular weight excluding hydrogens is 264 g/mol. The molecule has 1 atom stereocenters. The van der Waals surface area contributed by atoms with E-state index in [4.69, 9.17) is 15.0 Å². The Morgan fingerprint density at radius 1 is 1.19 bits per heavy atom. The van der Waals surface area contributed by atoms with Gasteiger partial charge in [0.25, 0.3) is 0 Å². The van der Waals surface area contributed by atoms with Crippen molar-refractivity contribution < 1.29 is 9.15 Å². The molecule has 1 aromatic carbocycles. The summed E-state index contributed by atoms with van der Waals surface area (Å²) in [6.07, 6.45) is 6.70. The SMILES string of the molecule is NNC(CCc1ccc2c(c1)CCO2)CCc1ccco1. The van der Waals surface area contributed by atoms with Gasteiger partial charge in [0, 0.05) is 18.9 Å². The van der Waals surface area contributed by atoms with Gasteiger partial charge in [0.05, 0.1) is 12.9 Å². The summed E-state index contributed by atoms with van der Waals surface area (Å²) in [5.41, 5.74) is 5.61. The summed E-state index contributed by atoms with van der Waals surface area (Å²) in [4.78, 5) is 0. The molecule has 0 amide bonds. The predicted molar refractivity (Wildman–Crippen MR) is 82.1 cm³/mol. The van der Waals surface area contributed by atoms with Crippen LogP contribution in [-0.4, -0.2) is 12.6 Å². The summed E-state index contributed by atoms with van der Waals surface area (Å²) in [7, 11) is 0. The molecule has 4 nitrogen and oxygen atoms in total. The summed E-state index contributed by atoms with van der Waals surface area (Å²) in [5.74, 6) is 7.73. The standard InChI is InChI=1S/C17H22N2O2/c18-19-15(6-7-16-2-1-10-20-16)5-3-13-4-8-17-14(12-13)9-11-21-17/h1-2,4,8,10,12,15,19H,3,5-7,9,11,18H2. The van der Waals surface area contributed by atoms with Gasteiger partial charge < -0.3 is 9.15 Å². The number of nitrogens with one attached hydrogen (secondary N) is 1. The minimum absolute atomic E-state index is 0.305. The Bertz CT molecular complexity index is 566. The lowest BCUT2D eigenvalue weighted by Gasteiger charge is -2.15. The average Bonchev–Trinajstić information content (AvgIpc) is 3.18. The fourth-order valence-electron chi connectivity index (χ4n) is 2.82. The van der Waals surface area contributed by atoms with Gasteiger partial charge in [0.2, 0.25) is 0 Å². The van der Waals surface area contributed by atoms with Crippen molar-refractivity contribution in [3.05, 3.63) is 53.5 Å². The predicted octanol–water partition coefficient (Wildman–Crippen LogP) is 2.61. The molecule has 0 saturated heterocycles. The highest BCUT2D eigenvalue weighted by Crippen LogP contribution is 2.26. The number of rotatable bonds is 7. The molecule has 0 bridgehead atoms. The highest BCUT2D eigenvalue weighted by molar-refractivity contribution is 5.39. The van der Waals surface area contributed by atoms with Crippen LogP contribution < -0.4 is 16.0 Å². The number of hydrogen-bond acceptors (Lipinski definition) is 4. The van der Waals surface area contributed by atoms with Crippen molar-refractivity contribution in [2.24, 2.45) is 5.84 Å². The first kappa shape index (κ1) is 14.2. The van der Waals surface area contributed by atoms with E-state index in [1.165, 1.54) is 11.1 Å². The monoisotopic (exact) mass is 286 g/mol. The summed E-state index contributed by atoms with van der Waals surface area (Å²) < 4.78 is 10.9. The average molecular weight is 286 g/mol. The molecule has 4 heteroatoms. The first-order valence-electron chi connectivity index (χ1n) is 7.58. The van der Waals surface area contributed by atoms with Crippen LogP contribution in [0.4, 0.5) is 0 Å². The first-order valence-corrected chi connectivity index (χ1v) is 7.58. The Labute approximate surface area is 125 Å².